The Labute approximate surface area is 69.0 Å². The highest BCUT2D eigenvalue weighted by Crippen LogP contribution is 2.57. The van der Waals surface area contributed by atoms with Crippen LogP contribution in [0.2, 0.25) is 0 Å². The Morgan fingerprint density at radius 2 is 2.27 bits per heavy atom. The zero-order valence-corrected chi connectivity index (χ0v) is 7.43. The predicted molar refractivity (Wildman–Crippen MR) is 48.3 cm³/mol. The molecular formula is C11H16. The van der Waals surface area contributed by atoms with E-state index in [1.54, 1.807) is 0 Å². The lowest BCUT2D eigenvalue weighted by Crippen LogP contribution is -2.44. The fourth-order valence-corrected chi connectivity index (χ4v) is 2.55. The maximum atomic E-state index is 4.10. The normalized spacial score (nSPS) is 39.6. The highest BCUT2D eigenvalue weighted by molar-refractivity contribution is 5.27. The van der Waals surface area contributed by atoms with Crippen molar-refractivity contribution in [3.63, 3.8) is 0 Å². The van der Waals surface area contributed by atoms with Crippen molar-refractivity contribution in [2.45, 2.75) is 26.7 Å². The van der Waals surface area contributed by atoms with Crippen molar-refractivity contribution in [3.8, 4) is 0 Å². The van der Waals surface area contributed by atoms with Crippen LogP contribution in [0.4, 0.5) is 0 Å². The molecule has 3 rings (SSSR count). The summed E-state index contributed by atoms with van der Waals surface area (Å²) in [6.07, 6.45) is 7.16. The molecule has 60 valence electrons. The van der Waals surface area contributed by atoms with E-state index >= 15 is 0 Å². The average molecular weight is 148 g/mol. The van der Waals surface area contributed by atoms with Crippen LogP contribution in [0.1, 0.15) is 26.7 Å². The van der Waals surface area contributed by atoms with Gasteiger partial charge in [0, 0.05) is 0 Å². The average Bonchev–Trinajstić information content (AvgIpc) is 2.17. The summed E-state index contributed by atoms with van der Waals surface area (Å²) in [5.74, 6) is 1.69. The van der Waals surface area contributed by atoms with E-state index in [-0.39, 0.29) is 0 Å². The van der Waals surface area contributed by atoms with Crippen LogP contribution >= 0.6 is 0 Å². The Morgan fingerprint density at radius 1 is 1.55 bits per heavy atom. The summed E-state index contributed by atoms with van der Waals surface area (Å²) >= 11 is 0. The molecule has 0 aromatic heterocycles. The highest BCUT2D eigenvalue weighted by Gasteiger charge is 2.48. The Balaban J connectivity index is 2.30. The smallest absolute Gasteiger partial charge is 0.0111 e. The fourth-order valence-electron chi connectivity index (χ4n) is 2.55. The number of hydrogen-bond donors (Lipinski definition) is 0. The summed E-state index contributed by atoms with van der Waals surface area (Å²) in [5.41, 5.74) is 1.88. The van der Waals surface area contributed by atoms with Crippen molar-refractivity contribution < 1.29 is 0 Å². The zero-order valence-electron chi connectivity index (χ0n) is 7.43. The second-order valence-corrected chi connectivity index (χ2v) is 4.52. The quantitative estimate of drug-likeness (QED) is 0.495. The van der Waals surface area contributed by atoms with Crippen molar-refractivity contribution in [2.24, 2.45) is 17.3 Å². The number of hydrogen-bond acceptors (Lipinski definition) is 0. The van der Waals surface area contributed by atoms with Crippen LogP contribution < -0.4 is 0 Å². The Bertz CT molecular complexity index is 220. The van der Waals surface area contributed by atoms with Gasteiger partial charge in [0.25, 0.3) is 0 Å². The molecule has 0 N–H and O–H groups in total. The van der Waals surface area contributed by atoms with E-state index in [2.05, 4.69) is 32.6 Å². The lowest BCUT2D eigenvalue weighted by Gasteiger charge is -2.51. The van der Waals surface area contributed by atoms with Crippen molar-refractivity contribution in [1.29, 1.82) is 0 Å². The Kier molecular flexibility index (Phi) is 1.30. The minimum absolute atomic E-state index is 0.528. The van der Waals surface area contributed by atoms with Gasteiger partial charge in [0.15, 0.2) is 0 Å². The molecule has 11 heavy (non-hydrogen) atoms. The molecule has 0 aromatic carbocycles. The van der Waals surface area contributed by atoms with Crippen molar-refractivity contribution in [1.82, 2.24) is 0 Å². The third kappa shape index (κ3) is 0.817. The van der Waals surface area contributed by atoms with E-state index in [9.17, 15) is 0 Å². The van der Waals surface area contributed by atoms with E-state index in [4.69, 9.17) is 0 Å². The van der Waals surface area contributed by atoms with Crippen LogP contribution in [0.15, 0.2) is 24.3 Å². The molecule has 0 saturated heterocycles. The SMILES string of the molecule is C=C1C=CC[C@H]2C[C@@H]1C2(C)C. The second-order valence-electron chi connectivity index (χ2n) is 4.52. The van der Waals surface area contributed by atoms with Gasteiger partial charge in [-0.05, 0) is 30.1 Å². The van der Waals surface area contributed by atoms with Gasteiger partial charge in [-0.2, -0.15) is 0 Å². The van der Waals surface area contributed by atoms with Gasteiger partial charge in [0.1, 0.15) is 0 Å². The first-order valence-corrected chi connectivity index (χ1v) is 4.47. The van der Waals surface area contributed by atoms with Crippen LogP contribution in [0.3, 0.4) is 0 Å². The summed E-state index contributed by atoms with van der Waals surface area (Å²) in [6, 6.07) is 0. The van der Waals surface area contributed by atoms with Gasteiger partial charge in [-0.1, -0.05) is 38.2 Å². The van der Waals surface area contributed by atoms with Crippen molar-refractivity contribution >= 4 is 0 Å². The molecule has 3 aliphatic rings. The molecule has 0 spiro atoms. The van der Waals surface area contributed by atoms with Gasteiger partial charge in [-0.3, -0.25) is 0 Å². The molecule has 0 heteroatoms. The molecule has 0 amide bonds. The minimum atomic E-state index is 0.528. The first-order valence-electron chi connectivity index (χ1n) is 4.47. The Hall–Kier alpha value is -0.520. The molecular weight excluding hydrogens is 132 g/mol. The lowest BCUT2D eigenvalue weighted by molar-refractivity contribution is 0.0125. The monoisotopic (exact) mass is 148 g/mol. The summed E-state index contributed by atoms with van der Waals surface area (Å²) in [4.78, 5) is 0. The van der Waals surface area contributed by atoms with Crippen LogP contribution in [0.5, 0.6) is 0 Å². The van der Waals surface area contributed by atoms with Crippen molar-refractivity contribution in [2.75, 3.05) is 0 Å². The number of rotatable bonds is 0. The molecule has 0 aliphatic heterocycles. The van der Waals surface area contributed by atoms with Gasteiger partial charge in [-0.15, -0.1) is 0 Å². The largest absolute Gasteiger partial charge is 0.0955 e. The topological polar surface area (TPSA) is 0 Å². The van der Waals surface area contributed by atoms with Crippen LogP contribution in [-0.4, -0.2) is 0 Å². The maximum absolute atomic E-state index is 4.10. The maximum Gasteiger partial charge on any atom is -0.0111 e. The van der Waals surface area contributed by atoms with Crippen LogP contribution in [0.25, 0.3) is 0 Å². The molecule has 0 unspecified atom stereocenters. The molecule has 2 bridgehead atoms. The molecule has 1 saturated carbocycles. The van der Waals surface area contributed by atoms with Gasteiger partial charge in [-0.25, -0.2) is 0 Å². The minimum Gasteiger partial charge on any atom is -0.0955 e. The van der Waals surface area contributed by atoms with E-state index < -0.39 is 0 Å². The first-order chi connectivity index (χ1) is 5.12. The van der Waals surface area contributed by atoms with Gasteiger partial charge >= 0.3 is 0 Å². The molecule has 0 heterocycles. The first kappa shape index (κ1) is 7.15. The number of allylic oxidation sites excluding steroid dienone is 3. The van der Waals surface area contributed by atoms with Gasteiger partial charge < -0.3 is 0 Å². The van der Waals surface area contributed by atoms with Gasteiger partial charge in [0.2, 0.25) is 0 Å². The van der Waals surface area contributed by atoms with Crippen molar-refractivity contribution in [3.05, 3.63) is 24.3 Å². The summed E-state index contributed by atoms with van der Waals surface area (Å²) in [6.45, 7) is 8.86. The third-order valence-electron chi connectivity index (χ3n) is 3.67. The van der Waals surface area contributed by atoms with E-state index in [0.717, 1.165) is 11.8 Å². The second kappa shape index (κ2) is 2.00. The molecule has 3 aliphatic carbocycles. The van der Waals surface area contributed by atoms with E-state index in [1.807, 2.05) is 0 Å². The zero-order chi connectivity index (χ0) is 8.06. The summed E-state index contributed by atoms with van der Waals surface area (Å²) in [7, 11) is 0. The third-order valence-corrected chi connectivity index (χ3v) is 3.67. The van der Waals surface area contributed by atoms with E-state index in [1.165, 1.54) is 18.4 Å². The number of fused-ring (bicyclic) bond motifs is 2. The van der Waals surface area contributed by atoms with E-state index in [0.29, 0.717) is 5.41 Å². The molecule has 1 fully saturated rings. The lowest BCUT2D eigenvalue weighted by atomic mass is 9.53. The van der Waals surface area contributed by atoms with Crippen LogP contribution in [-0.2, 0) is 0 Å². The molecule has 2 atom stereocenters. The summed E-state index contributed by atoms with van der Waals surface area (Å²) in [5, 5.41) is 0. The van der Waals surface area contributed by atoms with Crippen LogP contribution in [0, 0.1) is 17.3 Å². The summed E-state index contributed by atoms with van der Waals surface area (Å²) < 4.78 is 0. The Morgan fingerprint density at radius 3 is 2.91 bits per heavy atom. The van der Waals surface area contributed by atoms with Gasteiger partial charge in [0.05, 0.1) is 0 Å². The highest BCUT2D eigenvalue weighted by atomic mass is 14.5. The molecule has 0 aromatic rings. The standard InChI is InChI=1S/C11H16/c1-8-5-4-6-9-7-10(8)11(9,2)3/h4-5,9-10H,1,6-7H2,2-3H3/t9-,10-/m0/s1. The predicted octanol–water partition coefficient (Wildman–Crippen LogP) is 3.16. The fraction of sp³-hybridized carbons (Fsp3) is 0.636. The molecule has 0 nitrogen and oxygen atoms in total. The molecule has 0 radical (unpaired) electrons.